The van der Waals surface area contributed by atoms with Gasteiger partial charge in [0.2, 0.25) is 0 Å². The summed E-state index contributed by atoms with van der Waals surface area (Å²) in [6.07, 6.45) is 0. The maximum Gasteiger partial charge on any atom is 0.135 e. The Bertz CT molecular complexity index is 4440. The average Bonchev–Trinajstić information content (AvgIpc) is 4.02. The van der Waals surface area contributed by atoms with Gasteiger partial charge in [-0.1, -0.05) is 194 Å². The average molecular weight is 821 g/mol. The lowest BCUT2D eigenvalue weighted by Gasteiger charge is -2.19. The number of para-hydroxylation sites is 1. The van der Waals surface area contributed by atoms with Gasteiger partial charge in [-0.15, -0.1) is 0 Å². The summed E-state index contributed by atoms with van der Waals surface area (Å²) in [6.45, 7) is 0. The Morgan fingerprint density at radius 2 is 0.692 bits per heavy atom. The monoisotopic (exact) mass is 820 g/mol. The van der Waals surface area contributed by atoms with Crippen molar-refractivity contribution in [2.45, 2.75) is 0 Å². The Balaban J connectivity index is 1.07. The quantitative estimate of drug-likeness (QED) is 0.161. The van der Waals surface area contributed by atoms with E-state index in [2.05, 4.69) is 212 Å². The molecule has 0 radical (unpaired) electrons. The fraction of sp³-hybridized carbons (Fsp3) is 0. The fourth-order valence-electron chi connectivity index (χ4n) is 11.9. The van der Waals surface area contributed by atoms with Gasteiger partial charge in [0.15, 0.2) is 0 Å². The highest BCUT2D eigenvalue weighted by molar-refractivity contribution is 6.45. The third kappa shape index (κ3) is 4.71. The minimum absolute atomic E-state index is 0.912. The highest BCUT2D eigenvalue weighted by Gasteiger charge is 2.27. The zero-order chi connectivity index (χ0) is 42.3. The van der Waals surface area contributed by atoms with Crippen molar-refractivity contribution in [2.75, 3.05) is 0 Å². The predicted molar refractivity (Wildman–Crippen MR) is 278 cm³/mol. The van der Waals surface area contributed by atoms with Gasteiger partial charge in [0.05, 0.1) is 0 Å². The van der Waals surface area contributed by atoms with Crippen LogP contribution < -0.4 is 0 Å². The lowest BCUT2D eigenvalue weighted by Crippen LogP contribution is -1.91. The van der Waals surface area contributed by atoms with Crippen molar-refractivity contribution in [1.82, 2.24) is 0 Å². The van der Waals surface area contributed by atoms with E-state index >= 15 is 0 Å². The predicted octanol–water partition coefficient (Wildman–Crippen LogP) is 18.4. The van der Waals surface area contributed by atoms with Gasteiger partial charge in [0.1, 0.15) is 11.2 Å². The minimum atomic E-state index is 0.912. The Morgan fingerprint density at radius 1 is 0.200 bits per heavy atom. The summed E-state index contributed by atoms with van der Waals surface area (Å²) in [4.78, 5) is 0. The van der Waals surface area contributed by atoms with Crippen molar-refractivity contribution in [3.8, 4) is 44.5 Å². The van der Waals surface area contributed by atoms with Crippen LogP contribution in [0.5, 0.6) is 0 Å². The van der Waals surface area contributed by atoms with Crippen LogP contribution in [0, 0.1) is 0 Å². The Kier molecular flexibility index (Phi) is 7.01. The second-order valence-electron chi connectivity index (χ2n) is 17.8. The van der Waals surface area contributed by atoms with Gasteiger partial charge in [-0.05, 0) is 155 Å². The number of hydrogen-bond donors (Lipinski definition) is 0. The SMILES string of the molecule is c1ccc(-c2c3cc4c5ccccc5c5cccc(c3c(-c3ccccc3)c3c6ccc(-c7ccc(-c8ccc9oc%10ccccc%10c9c8)c8ccccc78)c7cccc(c23)c76)c54)cc1. The second kappa shape index (κ2) is 13.0. The first-order valence-corrected chi connectivity index (χ1v) is 22.6. The highest BCUT2D eigenvalue weighted by Crippen LogP contribution is 2.55. The molecule has 65 heavy (non-hydrogen) atoms. The van der Waals surface area contributed by atoms with Crippen molar-refractivity contribution < 1.29 is 4.42 Å². The number of fused-ring (bicyclic) bond motifs is 12. The van der Waals surface area contributed by atoms with Gasteiger partial charge in [-0.25, -0.2) is 0 Å². The molecule has 0 spiro atoms. The van der Waals surface area contributed by atoms with Gasteiger partial charge in [-0.2, -0.15) is 0 Å². The van der Waals surface area contributed by atoms with Crippen molar-refractivity contribution in [3.05, 3.63) is 218 Å². The molecule has 0 N–H and O–H groups in total. The normalized spacial score (nSPS) is 12.3. The van der Waals surface area contributed by atoms with E-state index in [0.29, 0.717) is 0 Å². The van der Waals surface area contributed by atoms with E-state index in [0.717, 1.165) is 21.9 Å². The van der Waals surface area contributed by atoms with Crippen LogP contribution in [-0.2, 0) is 0 Å². The van der Waals surface area contributed by atoms with Gasteiger partial charge >= 0.3 is 0 Å². The molecule has 15 aromatic rings. The smallest absolute Gasteiger partial charge is 0.135 e. The molecular formula is C64H36O. The zero-order valence-electron chi connectivity index (χ0n) is 35.2. The molecule has 0 saturated carbocycles. The molecular weight excluding hydrogens is 785 g/mol. The van der Waals surface area contributed by atoms with Gasteiger partial charge in [-0.3, -0.25) is 0 Å². The maximum atomic E-state index is 6.23. The molecule has 0 bridgehead atoms. The molecule has 298 valence electrons. The third-order valence-electron chi connectivity index (χ3n) is 14.5. The first kappa shape index (κ1) is 35.0. The summed E-state index contributed by atoms with van der Waals surface area (Å²) < 4.78 is 6.23. The molecule has 1 nitrogen and oxygen atoms in total. The second-order valence-corrected chi connectivity index (χ2v) is 17.8. The van der Waals surface area contributed by atoms with E-state index in [1.54, 1.807) is 0 Å². The van der Waals surface area contributed by atoms with E-state index in [1.807, 2.05) is 6.07 Å². The molecule has 0 aliphatic heterocycles. The van der Waals surface area contributed by atoms with E-state index in [1.165, 1.54) is 131 Å². The van der Waals surface area contributed by atoms with Crippen LogP contribution in [0.3, 0.4) is 0 Å². The molecule has 0 unspecified atom stereocenters. The van der Waals surface area contributed by atoms with Crippen molar-refractivity contribution in [3.63, 3.8) is 0 Å². The molecule has 0 aliphatic rings. The molecule has 0 saturated heterocycles. The summed E-state index contributed by atoms with van der Waals surface area (Å²) in [5.41, 5.74) is 11.8. The van der Waals surface area contributed by atoms with Crippen molar-refractivity contribution in [2.24, 2.45) is 0 Å². The Hall–Kier alpha value is -8.52. The molecule has 0 amide bonds. The van der Waals surface area contributed by atoms with Gasteiger partial charge < -0.3 is 4.42 Å². The molecule has 0 atom stereocenters. The minimum Gasteiger partial charge on any atom is -0.456 e. The lowest BCUT2D eigenvalue weighted by atomic mass is 9.84. The van der Waals surface area contributed by atoms with Crippen molar-refractivity contribution in [1.29, 1.82) is 0 Å². The molecule has 1 aromatic heterocycles. The maximum absolute atomic E-state index is 6.23. The van der Waals surface area contributed by atoms with E-state index in [-0.39, 0.29) is 0 Å². The molecule has 1 heterocycles. The van der Waals surface area contributed by atoms with Crippen LogP contribution in [0.25, 0.3) is 153 Å². The topological polar surface area (TPSA) is 13.1 Å². The number of hydrogen-bond acceptors (Lipinski definition) is 1. The molecule has 0 aliphatic carbocycles. The first-order chi connectivity index (χ1) is 32.3. The zero-order valence-corrected chi connectivity index (χ0v) is 35.2. The van der Waals surface area contributed by atoms with Gasteiger partial charge in [0.25, 0.3) is 0 Å². The summed E-state index contributed by atoms with van der Waals surface area (Å²) in [6, 6.07) is 81.1. The van der Waals surface area contributed by atoms with E-state index in [9.17, 15) is 0 Å². The third-order valence-corrected chi connectivity index (χ3v) is 14.5. The molecule has 14 aromatic carbocycles. The van der Waals surface area contributed by atoms with Crippen LogP contribution in [0.15, 0.2) is 223 Å². The van der Waals surface area contributed by atoms with Crippen LogP contribution in [-0.4, -0.2) is 0 Å². The first-order valence-electron chi connectivity index (χ1n) is 22.6. The number of furan rings is 1. The highest BCUT2D eigenvalue weighted by atomic mass is 16.3. The Labute approximate surface area is 373 Å². The van der Waals surface area contributed by atoms with Crippen LogP contribution >= 0.6 is 0 Å². The van der Waals surface area contributed by atoms with Crippen LogP contribution in [0.1, 0.15) is 0 Å². The van der Waals surface area contributed by atoms with Crippen molar-refractivity contribution >= 4 is 108 Å². The molecule has 1 heteroatoms. The summed E-state index contributed by atoms with van der Waals surface area (Å²) in [5, 5.41) is 23.1. The largest absolute Gasteiger partial charge is 0.456 e. The summed E-state index contributed by atoms with van der Waals surface area (Å²) in [7, 11) is 0. The number of benzene rings is 12. The Morgan fingerprint density at radius 3 is 1.46 bits per heavy atom. The van der Waals surface area contributed by atoms with Gasteiger partial charge in [0, 0.05) is 10.8 Å². The summed E-state index contributed by atoms with van der Waals surface area (Å²) in [5.74, 6) is 0. The molecule has 15 rings (SSSR count). The van der Waals surface area contributed by atoms with E-state index < -0.39 is 0 Å². The van der Waals surface area contributed by atoms with Crippen LogP contribution in [0.2, 0.25) is 0 Å². The lowest BCUT2D eigenvalue weighted by molar-refractivity contribution is 0.669. The number of rotatable bonds is 4. The molecule has 0 fully saturated rings. The van der Waals surface area contributed by atoms with E-state index in [4.69, 9.17) is 4.42 Å². The fourth-order valence-corrected chi connectivity index (χ4v) is 11.9. The van der Waals surface area contributed by atoms with Crippen LogP contribution in [0.4, 0.5) is 0 Å². The summed E-state index contributed by atoms with van der Waals surface area (Å²) >= 11 is 0. The standard InChI is InChI=1S/C64H36O/c1-3-15-37(16-4-1)58-55-36-54-44-22-10-9-21-43(44)48-24-13-26-50(61(48)54)62(55)59(38-17-5-2-6-18-38)64-52-33-32-46(49-25-14-27-51(60(49)52)63(58)64)45-31-30-40(41-19-7-8-20-42(41)45)39-29-34-57-53(35-39)47-23-11-12-28-56(47)65-57/h1-36H.